The molecule has 0 spiro atoms. The number of hydrogen-bond acceptors (Lipinski definition) is 5. The lowest BCUT2D eigenvalue weighted by Crippen LogP contribution is -2.39. The van der Waals surface area contributed by atoms with Gasteiger partial charge in [0.1, 0.15) is 0 Å². The molecule has 1 saturated carbocycles. The zero-order valence-corrected chi connectivity index (χ0v) is 12.0. The molecular formula is C13H24N4O. The first kappa shape index (κ1) is 13.3. The maximum atomic E-state index is 5.68. The van der Waals surface area contributed by atoms with Crippen molar-refractivity contribution < 1.29 is 4.42 Å². The van der Waals surface area contributed by atoms with Gasteiger partial charge in [-0.1, -0.05) is 25.9 Å². The van der Waals surface area contributed by atoms with E-state index in [2.05, 4.69) is 43.2 Å². The fraction of sp³-hybridized carbons (Fsp3) is 0.846. The zero-order chi connectivity index (χ0) is 13.3. The lowest BCUT2D eigenvalue weighted by Gasteiger charge is -2.34. The molecular weight excluding hydrogens is 228 g/mol. The summed E-state index contributed by atoms with van der Waals surface area (Å²) in [6, 6.07) is 1.60. The van der Waals surface area contributed by atoms with Gasteiger partial charge in [0, 0.05) is 19.1 Å². The first-order chi connectivity index (χ1) is 8.38. The normalized spacial score (nSPS) is 17.8. The Kier molecular flexibility index (Phi) is 3.61. The van der Waals surface area contributed by atoms with Crippen LogP contribution in [-0.2, 0) is 6.54 Å². The Morgan fingerprint density at radius 2 is 2.06 bits per heavy atom. The van der Waals surface area contributed by atoms with Gasteiger partial charge in [0.15, 0.2) is 0 Å². The van der Waals surface area contributed by atoms with Crippen LogP contribution in [0.4, 0.5) is 6.01 Å². The van der Waals surface area contributed by atoms with E-state index in [0.29, 0.717) is 30.5 Å². The SMILES string of the molecule is CC(N(C)c1nnc(CNC2CC2)o1)C(C)(C)C. The summed E-state index contributed by atoms with van der Waals surface area (Å²) < 4.78 is 5.68. The molecule has 5 nitrogen and oxygen atoms in total. The smallest absolute Gasteiger partial charge is 0.318 e. The maximum absolute atomic E-state index is 5.68. The van der Waals surface area contributed by atoms with Gasteiger partial charge < -0.3 is 14.6 Å². The summed E-state index contributed by atoms with van der Waals surface area (Å²) in [6.45, 7) is 9.47. The Morgan fingerprint density at radius 3 is 2.61 bits per heavy atom. The van der Waals surface area contributed by atoms with Crippen LogP contribution in [0.2, 0.25) is 0 Å². The molecule has 18 heavy (non-hydrogen) atoms. The largest absolute Gasteiger partial charge is 0.407 e. The first-order valence-corrected chi connectivity index (χ1v) is 6.66. The fourth-order valence-corrected chi connectivity index (χ4v) is 1.72. The monoisotopic (exact) mass is 252 g/mol. The number of rotatable bonds is 5. The van der Waals surface area contributed by atoms with Gasteiger partial charge in [0.25, 0.3) is 0 Å². The molecule has 0 saturated heterocycles. The van der Waals surface area contributed by atoms with Crippen LogP contribution < -0.4 is 10.2 Å². The first-order valence-electron chi connectivity index (χ1n) is 6.66. The second-order valence-electron chi connectivity index (χ2n) is 6.29. The Bertz CT molecular complexity index is 392. The van der Waals surface area contributed by atoms with Gasteiger partial charge in [-0.25, -0.2) is 0 Å². The summed E-state index contributed by atoms with van der Waals surface area (Å²) in [4.78, 5) is 2.05. The van der Waals surface area contributed by atoms with Crippen molar-refractivity contribution in [1.29, 1.82) is 0 Å². The van der Waals surface area contributed by atoms with Crippen molar-refractivity contribution in [2.24, 2.45) is 5.41 Å². The van der Waals surface area contributed by atoms with E-state index in [4.69, 9.17) is 4.42 Å². The third-order valence-electron chi connectivity index (χ3n) is 3.71. The van der Waals surface area contributed by atoms with E-state index in [1.54, 1.807) is 0 Å². The molecule has 5 heteroatoms. The van der Waals surface area contributed by atoms with Crippen LogP contribution >= 0.6 is 0 Å². The van der Waals surface area contributed by atoms with Crippen molar-refractivity contribution in [3.63, 3.8) is 0 Å². The molecule has 0 amide bonds. The van der Waals surface area contributed by atoms with Gasteiger partial charge in [-0.05, 0) is 25.2 Å². The molecule has 0 aliphatic heterocycles. The number of anilines is 1. The Balaban J connectivity index is 1.95. The zero-order valence-electron chi connectivity index (χ0n) is 12.0. The molecule has 2 rings (SSSR count). The molecule has 1 unspecified atom stereocenters. The minimum Gasteiger partial charge on any atom is -0.407 e. The van der Waals surface area contributed by atoms with Crippen molar-refractivity contribution in [3.05, 3.63) is 5.89 Å². The third kappa shape index (κ3) is 3.22. The Hall–Kier alpha value is -1.10. The third-order valence-corrected chi connectivity index (χ3v) is 3.71. The van der Waals surface area contributed by atoms with Gasteiger partial charge in [-0.3, -0.25) is 0 Å². The number of hydrogen-bond donors (Lipinski definition) is 1. The van der Waals surface area contributed by atoms with Crippen molar-refractivity contribution in [1.82, 2.24) is 15.5 Å². The molecule has 1 aromatic rings. The van der Waals surface area contributed by atoms with Gasteiger partial charge >= 0.3 is 6.01 Å². The number of nitrogens with one attached hydrogen (secondary N) is 1. The predicted octanol–water partition coefficient (Wildman–Crippen LogP) is 2.19. The lowest BCUT2D eigenvalue weighted by atomic mass is 9.87. The minimum absolute atomic E-state index is 0.176. The van der Waals surface area contributed by atoms with E-state index in [1.807, 2.05) is 11.9 Å². The van der Waals surface area contributed by atoms with Crippen LogP contribution in [0, 0.1) is 5.41 Å². The average molecular weight is 252 g/mol. The average Bonchev–Trinajstić information content (AvgIpc) is 3.01. The highest BCUT2D eigenvalue weighted by Gasteiger charge is 2.27. The van der Waals surface area contributed by atoms with E-state index in [-0.39, 0.29) is 5.41 Å². The highest BCUT2D eigenvalue weighted by atomic mass is 16.4. The van der Waals surface area contributed by atoms with Gasteiger partial charge in [-0.15, -0.1) is 5.10 Å². The van der Waals surface area contributed by atoms with Crippen LogP contribution in [0.15, 0.2) is 4.42 Å². The maximum Gasteiger partial charge on any atom is 0.318 e. The van der Waals surface area contributed by atoms with E-state index in [0.717, 1.165) is 0 Å². The number of nitrogens with zero attached hydrogens (tertiary/aromatic N) is 3. The fourth-order valence-electron chi connectivity index (χ4n) is 1.72. The standard InChI is InChI=1S/C13H24N4O/c1-9(13(2,3)4)17(5)12-16-15-11(18-12)8-14-10-6-7-10/h9-10,14H,6-8H2,1-5H3. The summed E-state index contributed by atoms with van der Waals surface area (Å²) >= 11 is 0. The summed E-state index contributed by atoms with van der Waals surface area (Å²) in [5, 5.41) is 11.6. The quantitative estimate of drug-likeness (QED) is 0.870. The molecule has 1 aromatic heterocycles. The molecule has 1 heterocycles. The van der Waals surface area contributed by atoms with Crippen molar-refractivity contribution in [2.45, 2.75) is 59.2 Å². The topological polar surface area (TPSA) is 54.2 Å². The Labute approximate surface area is 109 Å². The summed E-state index contributed by atoms with van der Waals surface area (Å²) in [6.07, 6.45) is 2.53. The summed E-state index contributed by atoms with van der Waals surface area (Å²) in [5.74, 6) is 0.671. The van der Waals surface area contributed by atoms with Crippen LogP contribution in [0.1, 0.15) is 46.4 Å². The van der Waals surface area contributed by atoms with Crippen LogP contribution in [-0.4, -0.2) is 29.3 Å². The van der Waals surface area contributed by atoms with Gasteiger partial charge in [0.05, 0.1) is 6.54 Å². The van der Waals surface area contributed by atoms with E-state index in [9.17, 15) is 0 Å². The lowest BCUT2D eigenvalue weighted by molar-refractivity contribution is 0.316. The molecule has 1 atom stereocenters. The van der Waals surface area contributed by atoms with Crippen molar-refractivity contribution >= 4 is 6.01 Å². The Morgan fingerprint density at radius 1 is 1.39 bits per heavy atom. The molecule has 0 aromatic carbocycles. The molecule has 102 valence electrons. The number of aromatic nitrogens is 2. The van der Waals surface area contributed by atoms with E-state index in [1.165, 1.54) is 12.8 Å². The molecule has 1 aliphatic carbocycles. The van der Waals surface area contributed by atoms with Crippen LogP contribution in [0.25, 0.3) is 0 Å². The van der Waals surface area contributed by atoms with E-state index < -0.39 is 0 Å². The molecule has 1 N–H and O–H groups in total. The molecule has 1 fully saturated rings. The van der Waals surface area contributed by atoms with Crippen LogP contribution in [0.3, 0.4) is 0 Å². The van der Waals surface area contributed by atoms with Crippen LogP contribution in [0.5, 0.6) is 0 Å². The summed E-state index contributed by atoms with van der Waals surface area (Å²) in [5.41, 5.74) is 0.176. The minimum atomic E-state index is 0.176. The second-order valence-corrected chi connectivity index (χ2v) is 6.29. The highest BCUT2D eigenvalue weighted by Crippen LogP contribution is 2.26. The summed E-state index contributed by atoms with van der Waals surface area (Å²) in [7, 11) is 2.00. The molecule has 0 bridgehead atoms. The van der Waals surface area contributed by atoms with Gasteiger partial charge in [0.2, 0.25) is 5.89 Å². The van der Waals surface area contributed by atoms with E-state index >= 15 is 0 Å². The second kappa shape index (κ2) is 4.88. The predicted molar refractivity (Wildman–Crippen MR) is 71.5 cm³/mol. The van der Waals surface area contributed by atoms with Crippen molar-refractivity contribution in [3.8, 4) is 0 Å². The van der Waals surface area contributed by atoms with Gasteiger partial charge in [-0.2, -0.15) is 0 Å². The highest BCUT2D eigenvalue weighted by molar-refractivity contribution is 5.25. The molecule has 0 radical (unpaired) electrons. The van der Waals surface area contributed by atoms with Crippen molar-refractivity contribution in [2.75, 3.05) is 11.9 Å². The molecule has 1 aliphatic rings.